The summed E-state index contributed by atoms with van der Waals surface area (Å²) in [5.41, 5.74) is 1.05. The van der Waals surface area contributed by atoms with Gasteiger partial charge in [0.25, 0.3) is 5.91 Å². The second-order valence-electron chi connectivity index (χ2n) is 4.08. The van der Waals surface area contributed by atoms with Crippen molar-refractivity contribution in [3.05, 3.63) is 48.2 Å². The SMILES string of the molecule is O=C(COC(=O)CCc1ccccc1)Nc1ccon1. The molecule has 0 fully saturated rings. The topological polar surface area (TPSA) is 81.4 Å². The van der Waals surface area contributed by atoms with Crippen LogP contribution in [0.25, 0.3) is 0 Å². The molecule has 1 amide bonds. The van der Waals surface area contributed by atoms with Gasteiger partial charge in [0.15, 0.2) is 12.4 Å². The van der Waals surface area contributed by atoms with Crippen LogP contribution in [0.4, 0.5) is 5.82 Å². The predicted octanol–water partition coefficient (Wildman–Crippen LogP) is 1.79. The van der Waals surface area contributed by atoms with E-state index in [-0.39, 0.29) is 18.8 Å². The average Bonchev–Trinajstić information content (AvgIpc) is 2.97. The van der Waals surface area contributed by atoms with Crippen molar-refractivity contribution in [3.63, 3.8) is 0 Å². The number of anilines is 1. The number of benzene rings is 1. The van der Waals surface area contributed by atoms with Gasteiger partial charge in [0, 0.05) is 12.5 Å². The van der Waals surface area contributed by atoms with Gasteiger partial charge >= 0.3 is 5.97 Å². The van der Waals surface area contributed by atoms with Gasteiger partial charge in [0.1, 0.15) is 6.26 Å². The molecular weight excluding hydrogens is 260 g/mol. The third-order valence-corrected chi connectivity index (χ3v) is 2.53. The lowest BCUT2D eigenvalue weighted by atomic mass is 10.1. The Kier molecular flexibility index (Phi) is 4.88. The number of hydrogen-bond donors (Lipinski definition) is 1. The van der Waals surface area contributed by atoms with Gasteiger partial charge in [-0.25, -0.2) is 0 Å². The van der Waals surface area contributed by atoms with Crippen molar-refractivity contribution < 1.29 is 18.8 Å². The fraction of sp³-hybridized carbons (Fsp3) is 0.214. The molecule has 0 aliphatic rings. The van der Waals surface area contributed by atoms with Gasteiger partial charge < -0.3 is 14.6 Å². The first-order chi connectivity index (χ1) is 9.74. The number of nitrogens with zero attached hydrogens (tertiary/aromatic N) is 1. The van der Waals surface area contributed by atoms with E-state index in [0.29, 0.717) is 6.42 Å². The molecule has 0 saturated carbocycles. The van der Waals surface area contributed by atoms with E-state index in [4.69, 9.17) is 4.74 Å². The van der Waals surface area contributed by atoms with Crippen LogP contribution in [-0.4, -0.2) is 23.6 Å². The molecule has 0 aliphatic carbocycles. The summed E-state index contributed by atoms with van der Waals surface area (Å²) in [6.07, 6.45) is 2.16. The molecule has 0 spiro atoms. The lowest BCUT2D eigenvalue weighted by molar-refractivity contribution is -0.147. The molecular formula is C14H14N2O4. The highest BCUT2D eigenvalue weighted by Gasteiger charge is 2.09. The Morgan fingerprint density at radius 1 is 1.20 bits per heavy atom. The molecule has 2 aromatic rings. The monoisotopic (exact) mass is 274 g/mol. The Bertz CT molecular complexity index is 552. The number of carbonyl (C=O) groups excluding carboxylic acids is 2. The average molecular weight is 274 g/mol. The maximum absolute atomic E-state index is 11.5. The molecule has 20 heavy (non-hydrogen) atoms. The number of carbonyl (C=O) groups is 2. The van der Waals surface area contributed by atoms with Crippen LogP contribution >= 0.6 is 0 Å². The first-order valence-corrected chi connectivity index (χ1v) is 6.14. The van der Waals surface area contributed by atoms with Gasteiger partial charge in [-0.1, -0.05) is 35.5 Å². The molecule has 0 saturated heterocycles. The quantitative estimate of drug-likeness (QED) is 0.812. The van der Waals surface area contributed by atoms with Crippen molar-refractivity contribution in [1.29, 1.82) is 0 Å². The molecule has 1 heterocycles. The lowest BCUT2D eigenvalue weighted by Crippen LogP contribution is -2.21. The highest BCUT2D eigenvalue weighted by molar-refractivity contribution is 5.91. The third kappa shape index (κ3) is 4.56. The summed E-state index contributed by atoms with van der Waals surface area (Å²) < 4.78 is 9.42. The van der Waals surface area contributed by atoms with E-state index >= 15 is 0 Å². The van der Waals surface area contributed by atoms with Crippen LogP contribution in [0, 0.1) is 0 Å². The minimum absolute atomic E-state index is 0.237. The van der Waals surface area contributed by atoms with Gasteiger partial charge in [0.05, 0.1) is 0 Å². The molecule has 0 bridgehead atoms. The normalized spacial score (nSPS) is 10.0. The van der Waals surface area contributed by atoms with E-state index in [2.05, 4.69) is 15.0 Å². The zero-order chi connectivity index (χ0) is 14.2. The lowest BCUT2D eigenvalue weighted by Gasteiger charge is -2.04. The number of hydrogen-bond acceptors (Lipinski definition) is 5. The van der Waals surface area contributed by atoms with Crippen LogP contribution < -0.4 is 5.32 Å². The van der Waals surface area contributed by atoms with Crippen molar-refractivity contribution in [1.82, 2.24) is 5.16 Å². The van der Waals surface area contributed by atoms with Crippen LogP contribution in [0.3, 0.4) is 0 Å². The van der Waals surface area contributed by atoms with E-state index in [1.165, 1.54) is 12.3 Å². The second kappa shape index (κ2) is 7.08. The summed E-state index contributed by atoms with van der Waals surface area (Å²) in [5, 5.41) is 5.94. The summed E-state index contributed by atoms with van der Waals surface area (Å²) in [5.74, 6) is -0.577. The van der Waals surface area contributed by atoms with Crippen molar-refractivity contribution in [2.45, 2.75) is 12.8 Å². The first-order valence-electron chi connectivity index (χ1n) is 6.14. The van der Waals surface area contributed by atoms with Crippen molar-refractivity contribution in [2.75, 3.05) is 11.9 Å². The van der Waals surface area contributed by atoms with Crippen molar-refractivity contribution in [2.24, 2.45) is 0 Å². The molecule has 1 aromatic carbocycles. The van der Waals surface area contributed by atoms with Gasteiger partial charge in [-0.05, 0) is 12.0 Å². The number of esters is 1. The van der Waals surface area contributed by atoms with Crippen LogP contribution in [0.15, 0.2) is 47.2 Å². The Morgan fingerprint density at radius 2 is 2.00 bits per heavy atom. The molecule has 0 aliphatic heterocycles. The molecule has 1 aromatic heterocycles. The van der Waals surface area contributed by atoms with E-state index in [0.717, 1.165) is 5.56 Å². The Balaban J connectivity index is 1.66. The number of aryl methyl sites for hydroxylation is 1. The molecule has 6 heteroatoms. The van der Waals surface area contributed by atoms with Gasteiger partial charge in [0.2, 0.25) is 0 Å². The van der Waals surface area contributed by atoms with E-state index in [1.807, 2.05) is 30.3 Å². The highest BCUT2D eigenvalue weighted by Crippen LogP contribution is 2.04. The predicted molar refractivity (Wildman–Crippen MR) is 70.9 cm³/mol. The summed E-state index contributed by atoms with van der Waals surface area (Å²) in [6, 6.07) is 11.1. The highest BCUT2D eigenvalue weighted by atomic mass is 16.5. The molecule has 0 atom stereocenters. The minimum atomic E-state index is -0.452. The maximum atomic E-state index is 11.5. The van der Waals surface area contributed by atoms with E-state index in [1.54, 1.807) is 0 Å². The zero-order valence-corrected chi connectivity index (χ0v) is 10.7. The third-order valence-electron chi connectivity index (χ3n) is 2.53. The molecule has 6 nitrogen and oxygen atoms in total. The summed E-state index contributed by atoms with van der Waals surface area (Å²) in [7, 11) is 0. The summed E-state index contributed by atoms with van der Waals surface area (Å²) in [6.45, 7) is -0.333. The van der Waals surface area contributed by atoms with E-state index in [9.17, 15) is 9.59 Å². The summed E-state index contributed by atoms with van der Waals surface area (Å²) in [4.78, 5) is 22.9. The van der Waals surface area contributed by atoms with Crippen molar-refractivity contribution in [3.8, 4) is 0 Å². The van der Waals surface area contributed by atoms with Gasteiger partial charge in [-0.15, -0.1) is 0 Å². The number of rotatable bonds is 6. The Hall–Kier alpha value is -2.63. The summed E-state index contributed by atoms with van der Waals surface area (Å²) >= 11 is 0. The maximum Gasteiger partial charge on any atom is 0.306 e. The molecule has 0 unspecified atom stereocenters. The minimum Gasteiger partial charge on any atom is -0.456 e. The number of nitrogens with one attached hydrogen (secondary N) is 1. The number of aromatic nitrogens is 1. The van der Waals surface area contributed by atoms with Crippen LogP contribution in [-0.2, 0) is 20.7 Å². The largest absolute Gasteiger partial charge is 0.456 e. The smallest absolute Gasteiger partial charge is 0.306 e. The Morgan fingerprint density at radius 3 is 2.70 bits per heavy atom. The molecule has 2 rings (SSSR count). The van der Waals surface area contributed by atoms with Crippen LogP contribution in [0.2, 0.25) is 0 Å². The van der Waals surface area contributed by atoms with Gasteiger partial charge in [-0.2, -0.15) is 0 Å². The van der Waals surface area contributed by atoms with E-state index < -0.39 is 11.9 Å². The second-order valence-corrected chi connectivity index (χ2v) is 4.08. The molecule has 0 radical (unpaired) electrons. The zero-order valence-electron chi connectivity index (χ0n) is 10.7. The number of ether oxygens (including phenoxy) is 1. The molecule has 104 valence electrons. The molecule has 1 N–H and O–H groups in total. The number of amides is 1. The van der Waals surface area contributed by atoms with Crippen molar-refractivity contribution >= 4 is 17.7 Å². The van der Waals surface area contributed by atoms with Gasteiger partial charge in [-0.3, -0.25) is 9.59 Å². The fourth-order valence-corrected chi connectivity index (χ4v) is 1.57. The fourth-order valence-electron chi connectivity index (χ4n) is 1.57. The van der Waals surface area contributed by atoms with Crippen LogP contribution in [0.5, 0.6) is 0 Å². The Labute approximate surface area is 115 Å². The van der Waals surface area contributed by atoms with Crippen LogP contribution in [0.1, 0.15) is 12.0 Å². The standard InChI is InChI=1S/C14H14N2O4/c17-13(15-12-8-9-20-16-12)10-19-14(18)7-6-11-4-2-1-3-5-11/h1-5,8-9H,6-7,10H2,(H,15,16,17). The first kappa shape index (κ1) is 13.8.